The molecule has 8 nitrogen and oxygen atoms in total. The molecule has 0 saturated carbocycles. The van der Waals surface area contributed by atoms with E-state index >= 15 is 0 Å². The fourth-order valence-corrected chi connectivity index (χ4v) is 3.21. The number of nitro groups is 1. The van der Waals surface area contributed by atoms with E-state index in [-0.39, 0.29) is 17.0 Å². The van der Waals surface area contributed by atoms with Crippen molar-refractivity contribution in [2.24, 2.45) is 0 Å². The number of hydrogen-bond acceptors (Lipinski definition) is 6. The Morgan fingerprint density at radius 2 is 2.00 bits per heavy atom. The lowest BCUT2D eigenvalue weighted by Gasteiger charge is -2.30. The summed E-state index contributed by atoms with van der Waals surface area (Å²) in [4.78, 5) is 25.6. The van der Waals surface area contributed by atoms with E-state index in [2.05, 4.69) is 5.32 Å². The summed E-state index contributed by atoms with van der Waals surface area (Å²) in [5.41, 5.74) is 1.18. The maximum atomic E-state index is 14.0. The van der Waals surface area contributed by atoms with E-state index in [0.717, 1.165) is 0 Å². The van der Waals surface area contributed by atoms with Gasteiger partial charge in [-0.15, -0.1) is 0 Å². The predicted octanol–water partition coefficient (Wildman–Crippen LogP) is 3.07. The van der Waals surface area contributed by atoms with Crippen LogP contribution in [0.4, 0.5) is 15.8 Å². The van der Waals surface area contributed by atoms with Gasteiger partial charge in [0.15, 0.2) is 11.6 Å². The van der Waals surface area contributed by atoms with Gasteiger partial charge in [-0.2, -0.15) is 0 Å². The summed E-state index contributed by atoms with van der Waals surface area (Å²) >= 11 is 0. The summed E-state index contributed by atoms with van der Waals surface area (Å²) < 4.78 is 24.2. The second-order valence-corrected chi connectivity index (χ2v) is 6.65. The van der Waals surface area contributed by atoms with Crippen molar-refractivity contribution in [2.45, 2.75) is 13.0 Å². The molecule has 1 N–H and O–H groups in total. The first kappa shape index (κ1) is 20.5. The van der Waals surface area contributed by atoms with Crippen LogP contribution in [0.5, 0.6) is 5.75 Å². The van der Waals surface area contributed by atoms with Gasteiger partial charge in [-0.3, -0.25) is 14.9 Å². The molecule has 2 aromatic rings. The number of carbonyl (C=O) groups is 1. The van der Waals surface area contributed by atoms with E-state index in [9.17, 15) is 19.3 Å². The van der Waals surface area contributed by atoms with Gasteiger partial charge in [0, 0.05) is 25.2 Å². The smallest absolute Gasteiger partial charge is 0.270 e. The van der Waals surface area contributed by atoms with Crippen LogP contribution in [0, 0.1) is 15.9 Å². The van der Waals surface area contributed by atoms with Gasteiger partial charge in [0.05, 0.1) is 42.5 Å². The lowest BCUT2D eigenvalue weighted by atomic mass is 10.1. The minimum absolute atomic E-state index is 0.112. The van der Waals surface area contributed by atoms with Crippen molar-refractivity contribution in [1.29, 1.82) is 0 Å². The average Bonchev–Trinajstić information content (AvgIpc) is 2.73. The van der Waals surface area contributed by atoms with Crippen LogP contribution in [0.1, 0.15) is 28.9 Å². The van der Waals surface area contributed by atoms with E-state index < -0.39 is 22.7 Å². The van der Waals surface area contributed by atoms with E-state index in [0.29, 0.717) is 37.6 Å². The predicted molar refractivity (Wildman–Crippen MR) is 105 cm³/mol. The Morgan fingerprint density at radius 1 is 1.28 bits per heavy atom. The Labute approximate surface area is 167 Å². The Hall–Kier alpha value is -3.20. The molecule has 0 bridgehead atoms. The monoisotopic (exact) mass is 403 g/mol. The number of benzene rings is 2. The van der Waals surface area contributed by atoms with E-state index in [1.807, 2.05) is 4.90 Å². The largest absolute Gasteiger partial charge is 0.494 e. The molecular formula is C20H22FN3O5. The molecule has 3 rings (SSSR count). The Kier molecular flexibility index (Phi) is 6.28. The van der Waals surface area contributed by atoms with Gasteiger partial charge in [-0.05, 0) is 30.7 Å². The number of carbonyl (C=O) groups excluding carboxylic acids is 1. The molecule has 29 heavy (non-hydrogen) atoms. The molecule has 154 valence electrons. The molecule has 1 heterocycles. The van der Waals surface area contributed by atoms with Crippen molar-refractivity contribution in [3.63, 3.8) is 0 Å². The van der Waals surface area contributed by atoms with Crippen molar-refractivity contribution in [3.8, 4) is 5.75 Å². The number of nitrogens with one attached hydrogen (secondary N) is 1. The van der Waals surface area contributed by atoms with Crippen LogP contribution in [-0.4, -0.2) is 44.2 Å². The fraction of sp³-hybridized carbons (Fsp3) is 0.350. The van der Waals surface area contributed by atoms with Crippen LogP contribution in [0.25, 0.3) is 0 Å². The number of nitro benzene ring substituents is 1. The van der Waals surface area contributed by atoms with Gasteiger partial charge in [-0.1, -0.05) is 6.07 Å². The molecule has 0 aromatic heterocycles. The number of non-ortho nitro benzene ring substituents is 1. The summed E-state index contributed by atoms with van der Waals surface area (Å²) in [6.45, 7) is 3.90. The first-order chi connectivity index (χ1) is 13.9. The number of anilines is 1. The van der Waals surface area contributed by atoms with Crippen molar-refractivity contribution in [2.75, 3.05) is 38.3 Å². The molecule has 1 aliphatic heterocycles. The molecule has 0 radical (unpaired) electrons. The third-order valence-electron chi connectivity index (χ3n) is 4.81. The maximum absolute atomic E-state index is 14.0. The average molecular weight is 403 g/mol. The van der Waals surface area contributed by atoms with Crippen molar-refractivity contribution >= 4 is 17.3 Å². The summed E-state index contributed by atoms with van der Waals surface area (Å²) in [5.74, 6) is -0.894. The molecule has 1 unspecified atom stereocenters. The summed E-state index contributed by atoms with van der Waals surface area (Å²) in [6, 6.07) is 8.14. The quantitative estimate of drug-likeness (QED) is 0.589. The minimum atomic E-state index is -0.540. The standard InChI is InChI=1S/C20H22FN3O5/c1-13(14-3-6-19(28-2)17(21)11-14)22-20(25)16-12-15(24(26)27)4-5-18(16)23-7-9-29-10-8-23/h3-6,11-13H,7-10H2,1-2H3,(H,22,25). The second kappa shape index (κ2) is 8.87. The number of amides is 1. The number of nitrogens with zero attached hydrogens (tertiary/aromatic N) is 2. The van der Waals surface area contributed by atoms with E-state index in [1.54, 1.807) is 19.1 Å². The number of rotatable bonds is 6. The SMILES string of the molecule is COc1ccc(C(C)NC(=O)c2cc([N+](=O)[O-])ccc2N2CCOCC2)cc1F. The fourth-order valence-electron chi connectivity index (χ4n) is 3.21. The van der Waals surface area contributed by atoms with Crippen molar-refractivity contribution < 1.29 is 23.6 Å². The topological polar surface area (TPSA) is 93.9 Å². The second-order valence-electron chi connectivity index (χ2n) is 6.65. The normalized spacial score (nSPS) is 14.9. The van der Waals surface area contributed by atoms with Crippen molar-refractivity contribution in [1.82, 2.24) is 5.32 Å². The Bertz CT molecular complexity index is 915. The van der Waals surface area contributed by atoms with Gasteiger partial charge in [0.2, 0.25) is 0 Å². The first-order valence-corrected chi connectivity index (χ1v) is 9.16. The van der Waals surface area contributed by atoms with Crippen LogP contribution in [0.15, 0.2) is 36.4 Å². The Balaban J connectivity index is 1.87. The molecule has 2 aromatic carbocycles. The number of methoxy groups -OCH3 is 1. The van der Waals surface area contributed by atoms with Crippen LogP contribution >= 0.6 is 0 Å². The highest BCUT2D eigenvalue weighted by atomic mass is 19.1. The highest BCUT2D eigenvalue weighted by Gasteiger charge is 2.23. The molecular weight excluding hydrogens is 381 g/mol. The third-order valence-corrected chi connectivity index (χ3v) is 4.81. The van der Waals surface area contributed by atoms with Crippen LogP contribution in [0.3, 0.4) is 0 Å². The van der Waals surface area contributed by atoms with E-state index in [4.69, 9.17) is 9.47 Å². The third kappa shape index (κ3) is 4.62. The molecule has 1 saturated heterocycles. The maximum Gasteiger partial charge on any atom is 0.270 e. The number of halogens is 1. The minimum Gasteiger partial charge on any atom is -0.494 e. The van der Waals surface area contributed by atoms with Gasteiger partial charge in [0.25, 0.3) is 11.6 Å². The number of hydrogen-bond donors (Lipinski definition) is 1. The lowest BCUT2D eigenvalue weighted by molar-refractivity contribution is -0.384. The van der Waals surface area contributed by atoms with Crippen LogP contribution in [-0.2, 0) is 4.74 Å². The van der Waals surface area contributed by atoms with Gasteiger partial charge >= 0.3 is 0 Å². The van der Waals surface area contributed by atoms with Crippen LogP contribution < -0.4 is 15.0 Å². The molecule has 1 amide bonds. The zero-order valence-electron chi connectivity index (χ0n) is 16.2. The molecule has 1 aliphatic rings. The molecule has 1 fully saturated rings. The van der Waals surface area contributed by atoms with E-state index in [1.165, 1.54) is 31.4 Å². The summed E-state index contributed by atoms with van der Waals surface area (Å²) in [5, 5.41) is 14.0. The zero-order valence-corrected chi connectivity index (χ0v) is 16.2. The van der Waals surface area contributed by atoms with Gasteiger partial charge < -0.3 is 19.7 Å². The molecule has 1 atom stereocenters. The van der Waals surface area contributed by atoms with Gasteiger partial charge in [0.1, 0.15) is 0 Å². The van der Waals surface area contributed by atoms with Crippen LogP contribution in [0.2, 0.25) is 0 Å². The van der Waals surface area contributed by atoms with Gasteiger partial charge in [-0.25, -0.2) is 4.39 Å². The first-order valence-electron chi connectivity index (χ1n) is 9.16. The zero-order chi connectivity index (χ0) is 21.0. The number of morpholine rings is 1. The van der Waals surface area contributed by atoms with Crippen molar-refractivity contribution in [3.05, 3.63) is 63.5 Å². The lowest BCUT2D eigenvalue weighted by Crippen LogP contribution is -2.38. The molecule has 9 heteroatoms. The summed E-state index contributed by atoms with van der Waals surface area (Å²) in [7, 11) is 1.37. The molecule has 0 spiro atoms. The number of ether oxygens (including phenoxy) is 2. The Morgan fingerprint density at radius 3 is 2.62 bits per heavy atom. The summed E-state index contributed by atoms with van der Waals surface area (Å²) in [6.07, 6.45) is 0. The molecule has 0 aliphatic carbocycles. The highest BCUT2D eigenvalue weighted by molar-refractivity contribution is 6.00. The highest BCUT2D eigenvalue weighted by Crippen LogP contribution is 2.28.